The molecular weight excluding hydrogens is 368 g/mol. The maximum Gasteiger partial charge on any atom is 0.246 e. The van der Waals surface area contributed by atoms with E-state index in [1.807, 2.05) is 30.3 Å². The SMILES string of the molecule is COc1ccc(C2=NN(Cc3ccc(O)cc3)C(=O)[C@H]3CCCC[C@@H]23)cc1OC. The van der Waals surface area contributed by atoms with E-state index in [0.717, 1.165) is 42.5 Å². The summed E-state index contributed by atoms with van der Waals surface area (Å²) in [6.07, 6.45) is 4.04. The number of methoxy groups -OCH3 is 2. The van der Waals surface area contributed by atoms with Gasteiger partial charge in [0.05, 0.1) is 26.5 Å². The van der Waals surface area contributed by atoms with Crippen molar-refractivity contribution in [1.82, 2.24) is 5.01 Å². The van der Waals surface area contributed by atoms with E-state index in [0.29, 0.717) is 18.0 Å². The lowest BCUT2D eigenvalue weighted by Gasteiger charge is -2.38. The lowest BCUT2D eigenvalue weighted by Crippen LogP contribution is -2.45. The van der Waals surface area contributed by atoms with Gasteiger partial charge in [0.2, 0.25) is 5.91 Å². The van der Waals surface area contributed by atoms with Gasteiger partial charge in [0.15, 0.2) is 11.5 Å². The number of carbonyl (C=O) groups excluding carboxylic acids is 1. The van der Waals surface area contributed by atoms with Gasteiger partial charge in [-0.1, -0.05) is 25.0 Å². The molecule has 6 nitrogen and oxygen atoms in total. The smallest absolute Gasteiger partial charge is 0.246 e. The summed E-state index contributed by atoms with van der Waals surface area (Å²) in [6, 6.07) is 12.7. The van der Waals surface area contributed by atoms with Crippen molar-refractivity contribution < 1.29 is 19.4 Å². The van der Waals surface area contributed by atoms with Crippen molar-refractivity contribution in [3.63, 3.8) is 0 Å². The highest BCUT2D eigenvalue weighted by molar-refractivity contribution is 6.07. The molecule has 1 fully saturated rings. The fourth-order valence-corrected chi connectivity index (χ4v) is 4.35. The van der Waals surface area contributed by atoms with Gasteiger partial charge < -0.3 is 14.6 Å². The Hall–Kier alpha value is -3.02. The highest BCUT2D eigenvalue weighted by atomic mass is 16.5. The highest BCUT2D eigenvalue weighted by Crippen LogP contribution is 2.39. The molecule has 1 N–H and O–H groups in total. The molecule has 1 aliphatic heterocycles. The second-order valence-corrected chi connectivity index (χ2v) is 7.61. The van der Waals surface area contributed by atoms with Gasteiger partial charge in [-0.15, -0.1) is 0 Å². The van der Waals surface area contributed by atoms with Crippen LogP contribution in [0, 0.1) is 11.8 Å². The first-order valence-corrected chi connectivity index (χ1v) is 10.0. The quantitative estimate of drug-likeness (QED) is 0.833. The molecule has 1 saturated carbocycles. The van der Waals surface area contributed by atoms with Gasteiger partial charge >= 0.3 is 0 Å². The molecule has 1 heterocycles. The number of ether oxygens (including phenoxy) is 2. The molecule has 2 aromatic carbocycles. The van der Waals surface area contributed by atoms with Crippen LogP contribution in [0.3, 0.4) is 0 Å². The van der Waals surface area contributed by atoms with Crippen LogP contribution < -0.4 is 9.47 Å². The summed E-state index contributed by atoms with van der Waals surface area (Å²) < 4.78 is 10.8. The second-order valence-electron chi connectivity index (χ2n) is 7.61. The van der Waals surface area contributed by atoms with Crippen molar-refractivity contribution >= 4 is 11.6 Å². The van der Waals surface area contributed by atoms with E-state index in [-0.39, 0.29) is 23.5 Å². The van der Waals surface area contributed by atoms with Crippen LogP contribution >= 0.6 is 0 Å². The number of phenols is 1. The molecule has 0 saturated heterocycles. The van der Waals surface area contributed by atoms with Crippen LogP contribution in [0.5, 0.6) is 17.2 Å². The average Bonchev–Trinajstić information content (AvgIpc) is 2.76. The zero-order valence-electron chi connectivity index (χ0n) is 16.8. The van der Waals surface area contributed by atoms with Crippen molar-refractivity contribution in [2.75, 3.05) is 14.2 Å². The summed E-state index contributed by atoms with van der Waals surface area (Å²) in [5.41, 5.74) is 2.83. The number of hydrogen-bond donors (Lipinski definition) is 1. The largest absolute Gasteiger partial charge is 0.508 e. The monoisotopic (exact) mass is 394 g/mol. The van der Waals surface area contributed by atoms with Crippen LogP contribution in [0.25, 0.3) is 0 Å². The van der Waals surface area contributed by atoms with Crippen LogP contribution in [0.2, 0.25) is 0 Å². The molecule has 0 spiro atoms. The zero-order chi connectivity index (χ0) is 20.4. The Morgan fingerprint density at radius 3 is 2.38 bits per heavy atom. The summed E-state index contributed by atoms with van der Waals surface area (Å²) in [4.78, 5) is 13.2. The molecule has 0 unspecified atom stereocenters. The van der Waals surface area contributed by atoms with Crippen molar-refractivity contribution in [2.24, 2.45) is 16.9 Å². The van der Waals surface area contributed by atoms with Crippen LogP contribution in [-0.2, 0) is 11.3 Å². The van der Waals surface area contributed by atoms with Gasteiger partial charge in [0.25, 0.3) is 0 Å². The number of hydrazone groups is 1. The van der Waals surface area contributed by atoms with E-state index in [2.05, 4.69) is 0 Å². The lowest BCUT2D eigenvalue weighted by molar-refractivity contribution is -0.139. The van der Waals surface area contributed by atoms with Crippen molar-refractivity contribution in [3.05, 3.63) is 53.6 Å². The minimum Gasteiger partial charge on any atom is -0.508 e. The zero-order valence-corrected chi connectivity index (χ0v) is 16.8. The van der Waals surface area contributed by atoms with Gasteiger partial charge in [-0.05, 0) is 48.7 Å². The van der Waals surface area contributed by atoms with Crippen LogP contribution in [0.4, 0.5) is 0 Å². The third-order valence-corrected chi connectivity index (χ3v) is 5.87. The van der Waals surface area contributed by atoms with E-state index in [4.69, 9.17) is 14.6 Å². The molecule has 0 aromatic heterocycles. The molecule has 1 aliphatic carbocycles. The maximum absolute atomic E-state index is 13.2. The summed E-state index contributed by atoms with van der Waals surface area (Å²) >= 11 is 0. The Morgan fingerprint density at radius 2 is 1.69 bits per heavy atom. The topological polar surface area (TPSA) is 71.4 Å². The number of hydrogen-bond acceptors (Lipinski definition) is 5. The van der Waals surface area contributed by atoms with Crippen LogP contribution in [-0.4, -0.2) is 36.0 Å². The predicted molar refractivity (Wildman–Crippen MR) is 110 cm³/mol. The molecule has 152 valence electrons. The number of carbonyl (C=O) groups is 1. The minimum atomic E-state index is -0.0403. The van der Waals surface area contributed by atoms with E-state index in [9.17, 15) is 9.90 Å². The third-order valence-electron chi connectivity index (χ3n) is 5.87. The predicted octanol–water partition coefficient (Wildman–Crippen LogP) is 3.96. The van der Waals surface area contributed by atoms with E-state index in [1.165, 1.54) is 0 Å². The number of rotatable bonds is 5. The Balaban J connectivity index is 1.72. The van der Waals surface area contributed by atoms with Crippen LogP contribution in [0.1, 0.15) is 36.8 Å². The van der Waals surface area contributed by atoms with Crippen molar-refractivity contribution in [2.45, 2.75) is 32.2 Å². The molecule has 2 aromatic rings. The Kier molecular flexibility index (Phi) is 5.43. The summed E-state index contributed by atoms with van der Waals surface area (Å²) in [5, 5.41) is 15.9. The minimum absolute atomic E-state index is 0.0403. The summed E-state index contributed by atoms with van der Waals surface area (Å²) in [7, 11) is 3.24. The average molecular weight is 394 g/mol. The number of amides is 1. The molecule has 2 atom stereocenters. The molecule has 1 amide bonds. The molecule has 4 rings (SSSR count). The summed E-state index contributed by atoms with van der Waals surface area (Å²) in [6.45, 7) is 0.388. The van der Waals surface area contributed by atoms with Gasteiger partial charge in [-0.2, -0.15) is 5.10 Å². The molecule has 2 aliphatic rings. The first kappa shape index (κ1) is 19.3. The van der Waals surface area contributed by atoms with Gasteiger partial charge in [-0.3, -0.25) is 4.79 Å². The van der Waals surface area contributed by atoms with Crippen LogP contribution in [0.15, 0.2) is 47.6 Å². The van der Waals surface area contributed by atoms with Gasteiger partial charge in [0.1, 0.15) is 5.75 Å². The van der Waals surface area contributed by atoms with E-state index in [1.54, 1.807) is 31.4 Å². The molecular formula is C23H26N2O4. The van der Waals surface area contributed by atoms with Crippen molar-refractivity contribution in [3.8, 4) is 17.2 Å². The number of benzene rings is 2. The number of fused-ring (bicyclic) bond motifs is 1. The van der Waals surface area contributed by atoms with Crippen molar-refractivity contribution in [1.29, 1.82) is 0 Å². The normalized spacial score (nSPS) is 21.4. The summed E-state index contributed by atoms with van der Waals surface area (Å²) in [5.74, 6) is 1.71. The molecule has 29 heavy (non-hydrogen) atoms. The fourth-order valence-electron chi connectivity index (χ4n) is 4.35. The second kappa shape index (κ2) is 8.15. The maximum atomic E-state index is 13.2. The highest BCUT2D eigenvalue weighted by Gasteiger charge is 2.41. The Bertz CT molecular complexity index is 923. The lowest BCUT2D eigenvalue weighted by atomic mass is 9.73. The first-order chi connectivity index (χ1) is 14.1. The third kappa shape index (κ3) is 3.79. The first-order valence-electron chi connectivity index (χ1n) is 10.0. The number of aromatic hydroxyl groups is 1. The Morgan fingerprint density at radius 1 is 1.00 bits per heavy atom. The number of nitrogens with zero attached hydrogens (tertiary/aromatic N) is 2. The standard InChI is InChI=1S/C23H26N2O4/c1-28-20-12-9-16(13-21(20)29-2)22-18-5-3-4-6-19(18)23(27)25(24-22)14-15-7-10-17(26)11-8-15/h7-13,18-19,26H,3-6,14H2,1-2H3/t18-,19+/m1/s1. The molecule has 0 bridgehead atoms. The molecule has 6 heteroatoms. The van der Waals surface area contributed by atoms with Gasteiger partial charge in [0, 0.05) is 17.4 Å². The Labute approximate surface area is 170 Å². The van der Waals surface area contributed by atoms with Gasteiger partial charge in [-0.25, -0.2) is 5.01 Å². The number of phenolic OH excluding ortho intramolecular Hbond substituents is 1. The van der Waals surface area contributed by atoms with E-state index >= 15 is 0 Å². The van der Waals surface area contributed by atoms with E-state index < -0.39 is 0 Å². The fraction of sp³-hybridized carbons (Fsp3) is 0.391. The molecule has 0 radical (unpaired) electrons.